The third kappa shape index (κ3) is 10.5. The fourth-order valence-corrected chi connectivity index (χ4v) is 1.77. The molecule has 21 heavy (non-hydrogen) atoms. The van der Waals surface area contributed by atoms with Crippen molar-refractivity contribution in [2.24, 2.45) is 0 Å². The molecule has 0 aromatic heterocycles. The summed E-state index contributed by atoms with van der Waals surface area (Å²) in [7, 11) is -4.55. The van der Waals surface area contributed by atoms with Crippen molar-refractivity contribution >= 4 is 30.7 Å². The number of benzene rings is 2. The van der Waals surface area contributed by atoms with Gasteiger partial charge in [0.05, 0.1) is 0 Å². The molecule has 2 aromatic rings. The predicted octanol–water partition coefficient (Wildman–Crippen LogP) is 2.67. The standard InChI is InChI=1S/2C6H7O3P.H2S/c2*7-10(8)9-6-4-2-1-3-5-6;/h2*1-5,7-8H;1H2. The van der Waals surface area contributed by atoms with Crippen molar-refractivity contribution in [3.8, 4) is 11.5 Å². The molecule has 0 saturated carbocycles. The van der Waals surface area contributed by atoms with Crippen LogP contribution in [0.2, 0.25) is 0 Å². The van der Waals surface area contributed by atoms with Crippen LogP contribution in [0.5, 0.6) is 11.5 Å². The Hall–Kier alpha value is -0.910. The van der Waals surface area contributed by atoms with Gasteiger partial charge in [-0.25, -0.2) is 0 Å². The summed E-state index contributed by atoms with van der Waals surface area (Å²) in [5.74, 6) is 0.942. The zero-order valence-electron chi connectivity index (χ0n) is 10.8. The molecule has 0 saturated heterocycles. The van der Waals surface area contributed by atoms with E-state index in [1.807, 2.05) is 12.1 Å². The third-order valence-corrected chi connectivity index (χ3v) is 2.61. The quantitative estimate of drug-likeness (QED) is 0.633. The Morgan fingerprint density at radius 1 is 0.571 bits per heavy atom. The van der Waals surface area contributed by atoms with Gasteiger partial charge in [-0.1, -0.05) is 36.4 Å². The Morgan fingerprint density at radius 3 is 1.10 bits per heavy atom. The molecule has 0 unspecified atom stereocenters. The minimum atomic E-state index is -2.28. The maximum atomic E-state index is 8.40. The summed E-state index contributed by atoms with van der Waals surface area (Å²) in [6, 6.07) is 17.3. The van der Waals surface area contributed by atoms with Crippen LogP contribution in [-0.4, -0.2) is 19.6 Å². The molecule has 4 N–H and O–H groups in total. The predicted molar refractivity (Wildman–Crippen MR) is 87.2 cm³/mol. The highest BCUT2D eigenvalue weighted by molar-refractivity contribution is 7.59. The van der Waals surface area contributed by atoms with Gasteiger partial charge in [-0.05, 0) is 24.3 Å². The van der Waals surface area contributed by atoms with Crippen molar-refractivity contribution in [1.82, 2.24) is 0 Å². The van der Waals surface area contributed by atoms with Crippen molar-refractivity contribution in [3.05, 3.63) is 60.7 Å². The van der Waals surface area contributed by atoms with Crippen LogP contribution in [0.1, 0.15) is 0 Å². The van der Waals surface area contributed by atoms with Crippen LogP contribution in [0.4, 0.5) is 0 Å². The van der Waals surface area contributed by atoms with E-state index in [2.05, 4.69) is 9.05 Å². The van der Waals surface area contributed by atoms with Crippen molar-refractivity contribution in [2.45, 2.75) is 0 Å². The van der Waals surface area contributed by atoms with E-state index in [1.54, 1.807) is 48.5 Å². The van der Waals surface area contributed by atoms with Crippen molar-refractivity contribution in [1.29, 1.82) is 0 Å². The number of hydrogen-bond donors (Lipinski definition) is 4. The van der Waals surface area contributed by atoms with Gasteiger partial charge in [0.25, 0.3) is 0 Å². The minimum absolute atomic E-state index is 0. The van der Waals surface area contributed by atoms with Gasteiger partial charge in [0.15, 0.2) is 0 Å². The van der Waals surface area contributed by atoms with Crippen LogP contribution in [-0.2, 0) is 0 Å². The second kappa shape index (κ2) is 11.7. The smallest absolute Gasteiger partial charge is 0.391 e. The van der Waals surface area contributed by atoms with Crippen LogP contribution < -0.4 is 9.05 Å². The molecule has 0 heterocycles. The number of rotatable bonds is 4. The fourth-order valence-electron chi connectivity index (χ4n) is 1.15. The molecule has 0 aliphatic rings. The van der Waals surface area contributed by atoms with Gasteiger partial charge in [0.1, 0.15) is 11.5 Å². The maximum absolute atomic E-state index is 8.40. The Morgan fingerprint density at radius 2 is 0.857 bits per heavy atom. The van der Waals surface area contributed by atoms with E-state index in [1.165, 1.54) is 0 Å². The molecular formula is C12H16O6P2S. The highest BCUT2D eigenvalue weighted by Gasteiger charge is 1.99. The molecule has 0 radical (unpaired) electrons. The minimum Gasteiger partial charge on any atom is -0.427 e. The Kier molecular flexibility index (Phi) is 11.2. The van der Waals surface area contributed by atoms with Crippen LogP contribution in [0, 0.1) is 0 Å². The van der Waals surface area contributed by atoms with Crippen LogP contribution in [0.25, 0.3) is 0 Å². The normalized spacial score (nSPS) is 9.43. The second-order valence-corrected chi connectivity index (χ2v) is 4.69. The summed E-state index contributed by atoms with van der Waals surface area (Å²) < 4.78 is 9.18. The van der Waals surface area contributed by atoms with E-state index in [4.69, 9.17) is 19.6 Å². The van der Waals surface area contributed by atoms with Gasteiger partial charge in [0, 0.05) is 0 Å². The lowest BCUT2D eigenvalue weighted by Crippen LogP contribution is -1.82. The Labute approximate surface area is 132 Å². The van der Waals surface area contributed by atoms with Crippen LogP contribution in [0.3, 0.4) is 0 Å². The Balaban J connectivity index is 0.000000364. The van der Waals surface area contributed by atoms with Crippen LogP contribution >= 0.6 is 30.7 Å². The summed E-state index contributed by atoms with van der Waals surface area (Å²) in [5, 5.41) is 0. The molecule has 116 valence electrons. The first-order chi connectivity index (χ1) is 9.58. The summed E-state index contributed by atoms with van der Waals surface area (Å²) in [4.78, 5) is 33.6. The summed E-state index contributed by atoms with van der Waals surface area (Å²) in [5.41, 5.74) is 0. The first-order valence-electron chi connectivity index (χ1n) is 5.39. The van der Waals surface area contributed by atoms with E-state index in [-0.39, 0.29) is 13.5 Å². The average molecular weight is 350 g/mol. The van der Waals surface area contributed by atoms with E-state index in [9.17, 15) is 0 Å². The topological polar surface area (TPSA) is 99.4 Å². The summed E-state index contributed by atoms with van der Waals surface area (Å²) in [6.45, 7) is 0. The third-order valence-electron chi connectivity index (χ3n) is 1.86. The molecule has 0 aliphatic heterocycles. The molecule has 0 fully saturated rings. The van der Waals surface area contributed by atoms with E-state index in [0.29, 0.717) is 11.5 Å². The van der Waals surface area contributed by atoms with E-state index in [0.717, 1.165) is 0 Å². The molecule has 2 rings (SSSR count). The molecule has 0 bridgehead atoms. The maximum Gasteiger partial charge on any atom is 0.391 e. The SMILES string of the molecule is OP(O)Oc1ccccc1.OP(O)Oc1ccccc1.S. The van der Waals surface area contributed by atoms with Gasteiger partial charge in [-0.2, -0.15) is 13.5 Å². The zero-order valence-corrected chi connectivity index (χ0v) is 13.6. The van der Waals surface area contributed by atoms with Gasteiger partial charge >= 0.3 is 17.2 Å². The monoisotopic (exact) mass is 350 g/mol. The number of hydrogen-bond acceptors (Lipinski definition) is 6. The lowest BCUT2D eigenvalue weighted by atomic mass is 10.3. The molecule has 9 heteroatoms. The average Bonchev–Trinajstić information content (AvgIpc) is 2.40. The van der Waals surface area contributed by atoms with Crippen molar-refractivity contribution in [2.75, 3.05) is 0 Å². The fraction of sp³-hybridized carbons (Fsp3) is 0. The van der Waals surface area contributed by atoms with E-state index < -0.39 is 17.2 Å². The molecular weight excluding hydrogens is 334 g/mol. The molecule has 0 atom stereocenters. The zero-order chi connectivity index (χ0) is 14.8. The van der Waals surface area contributed by atoms with Crippen molar-refractivity contribution < 1.29 is 28.6 Å². The highest BCUT2D eigenvalue weighted by atomic mass is 32.1. The van der Waals surface area contributed by atoms with Gasteiger partial charge in [-0.15, -0.1) is 0 Å². The molecule has 0 spiro atoms. The lowest BCUT2D eigenvalue weighted by molar-refractivity contribution is 0.373. The van der Waals surface area contributed by atoms with Gasteiger partial charge in [0.2, 0.25) is 0 Å². The second-order valence-electron chi connectivity index (χ2n) is 3.31. The van der Waals surface area contributed by atoms with Gasteiger partial charge < -0.3 is 28.6 Å². The van der Waals surface area contributed by atoms with E-state index >= 15 is 0 Å². The summed E-state index contributed by atoms with van der Waals surface area (Å²) >= 11 is 0. The molecule has 0 amide bonds. The molecule has 6 nitrogen and oxygen atoms in total. The van der Waals surface area contributed by atoms with Crippen molar-refractivity contribution in [3.63, 3.8) is 0 Å². The van der Waals surface area contributed by atoms with Crippen LogP contribution in [0.15, 0.2) is 60.7 Å². The largest absolute Gasteiger partial charge is 0.427 e. The molecule has 2 aromatic carbocycles. The first-order valence-corrected chi connectivity index (χ1v) is 7.73. The lowest BCUT2D eigenvalue weighted by Gasteiger charge is -2.02. The number of para-hydroxylation sites is 2. The Bertz CT molecular complexity index is 426. The van der Waals surface area contributed by atoms with Gasteiger partial charge in [-0.3, -0.25) is 0 Å². The summed E-state index contributed by atoms with van der Waals surface area (Å²) in [6.07, 6.45) is 0. The highest BCUT2D eigenvalue weighted by Crippen LogP contribution is 2.28. The first kappa shape index (κ1) is 20.1. The molecule has 0 aliphatic carbocycles.